The van der Waals surface area contributed by atoms with Gasteiger partial charge in [0.05, 0.1) is 11.0 Å². The number of amides is 1. The Labute approximate surface area is 180 Å². The molecule has 30 heavy (non-hydrogen) atoms. The summed E-state index contributed by atoms with van der Waals surface area (Å²) in [4.78, 5) is 17.0. The van der Waals surface area contributed by atoms with E-state index in [9.17, 15) is 13.2 Å². The van der Waals surface area contributed by atoms with Crippen molar-refractivity contribution in [1.29, 1.82) is 0 Å². The minimum absolute atomic E-state index is 0.00777. The van der Waals surface area contributed by atoms with Gasteiger partial charge < -0.3 is 9.64 Å². The molecule has 2 aliphatic heterocycles. The Morgan fingerprint density at radius 2 is 1.80 bits per heavy atom. The summed E-state index contributed by atoms with van der Waals surface area (Å²) in [6.07, 6.45) is 5.95. The van der Waals surface area contributed by atoms with Gasteiger partial charge in [0.2, 0.25) is 15.9 Å². The number of nitrogens with zero attached hydrogens (tertiary/aromatic N) is 3. The molecule has 0 bridgehead atoms. The van der Waals surface area contributed by atoms with E-state index in [4.69, 9.17) is 4.74 Å². The zero-order valence-corrected chi connectivity index (χ0v) is 18.8. The molecule has 1 unspecified atom stereocenters. The van der Waals surface area contributed by atoms with Gasteiger partial charge in [-0.1, -0.05) is 26.0 Å². The molecular weight excluding hydrogens is 402 g/mol. The summed E-state index contributed by atoms with van der Waals surface area (Å²) in [6, 6.07) is 6.67. The summed E-state index contributed by atoms with van der Waals surface area (Å²) in [7, 11) is -3.46. The van der Waals surface area contributed by atoms with E-state index in [2.05, 4.69) is 4.90 Å². The lowest BCUT2D eigenvalue weighted by Crippen LogP contribution is -2.50. The van der Waals surface area contributed by atoms with Gasteiger partial charge >= 0.3 is 0 Å². The second-order valence-electron chi connectivity index (χ2n) is 7.75. The van der Waals surface area contributed by atoms with Crippen LogP contribution in [0.2, 0.25) is 0 Å². The van der Waals surface area contributed by atoms with Crippen LogP contribution in [0.25, 0.3) is 6.08 Å². The molecule has 0 radical (unpaired) electrons. The number of carbonyl (C=O) groups excluding carboxylic acids is 1. The third-order valence-electron chi connectivity index (χ3n) is 5.81. The van der Waals surface area contributed by atoms with Gasteiger partial charge in [0.1, 0.15) is 0 Å². The SMILES string of the molecule is CCN(CC)S(=O)(=O)c1ccc(/C=C/C(=O)N2CCN(CC3CCCO3)CC2)cc1. The number of carbonyl (C=O) groups is 1. The van der Waals surface area contributed by atoms with E-state index < -0.39 is 10.0 Å². The van der Waals surface area contributed by atoms with Gasteiger partial charge in [-0.2, -0.15) is 4.31 Å². The predicted molar refractivity (Wildman–Crippen MR) is 118 cm³/mol. The highest BCUT2D eigenvalue weighted by Gasteiger charge is 2.24. The highest BCUT2D eigenvalue weighted by Crippen LogP contribution is 2.17. The largest absolute Gasteiger partial charge is 0.377 e. The van der Waals surface area contributed by atoms with Gasteiger partial charge in [-0.3, -0.25) is 9.69 Å². The third-order valence-corrected chi connectivity index (χ3v) is 7.88. The maximum atomic E-state index is 12.5. The van der Waals surface area contributed by atoms with Crippen molar-refractivity contribution in [3.63, 3.8) is 0 Å². The van der Waals surface area contributed by atoms with Crippen LogP contribution < -0.4 is 0 Å². The Morgan fingerprint density at radius 3 is 2.37 bits per heavy atom. The van der Waals surface area contributed by atoms with Crippen LogP contribution in [-0.2, 0) is 19.6 Å². The van der Waals surface area contributed by atoms with Gasteiger partial charge in [0.15, 0.2) is 0 Å². The number of sulfonamides is 1. The molecule has 8 heteroatoms. The van der Waals surface area contributed by atoms with Gasteiger partial charge in [-0.25, -0.2) is 8.42 Å². The van der Waals surface area contributed by atoms with E-state index in [1.165, 1.54) is 4.31 Å². The molecular formula is C22H33N3O4S. The molecule has 0 spiro atoms. The lowest BCUT2D eigenvalue weighted by molar-refractivity contribution is -0.127. The Hall–Kier alpha value is -1.74. The van der Waals surface area contributed by atoms with Crippen LogP contribution >= 0.6 is 0 Å². The molecule has 1 atom stereocenters. The predicted octanol–water partition coefficient (Wildman–Crippen LogP) is 2.05. The van der Waals surface area contributed by atoms with Crippen LogP contribution in [0.15, 0.2) is 35.2 Å². The first-order valence-corrected chi connectivity index (χ1v) is 12.3. The topological polar surface area (TPSA) is 70.2 Å². The Morgan fingerprint density at radius 1 is 1.13 bits per heavy atom. The molecule has 2 saturated heterocycles. The van der Waals surface area contributed by atoms with Crippen LogP contribution in [0.3, 0.4) is 0 Å². The van der Waals surface area contributed by atoms with Crippen LogP contribution in [-0.4, -0.2) is 87.0 Å². The third kappa shape index (κ3) is 5.69. The highest BCUT2D eigenvalue weighted by atomic mass is 32.2. The highest BCUT2D eigenvalue weighted by molar-refractivity contribution is 7.89. The van der Waals surface area contributed by atoms with E-state index in [0.29, 0.717) is 19.2 Å². The van der Waals surface area contributed by atoms with Crippen molar-refractivity contribution in [2.24, 2.45) is 0 Å². The molecule has 1 aromatic carbocycles. The number of ether oxygens (including phenoxy) is 1. The first-order chi connectivity index (χ1) is 14.4. The van der Waals surface area contributed by atoms with E-state index in [0.717, 1.165) is 57.7 Å². The Kier molecular flexibility index (Phi) is 8.05. The fourth-order valence-corrected chi connectivity index (χ4v) is 5.42. The van der Waals surface area contributed by atoms with Crippen molar-refractivity contribution in [2.75, 3.05) is 52.4 Å². The quantitative estimate of drug-likeness (QED) is 0.585. The maximum Gasteiger partial charge on any atom is 0.246 e. The number of benzene rings is 1. The summed E-state index contributed by atoms with van der Waals surface area (Å²) in [5.74, 6) is -0.00777. The first-order valence-electron chi connectivity index (χ1n) is 10.8. The van der Waals surface area contributed by atoms with Gasteiger partial charge in [0.25, 0.3) is 0 Å². The molecule has 3 rings (SSSR count). The zero-order chi connectivity index (χ0) is 21.6. The van der Waals surface area contributed by atoms with Crippen LogP contribution in [0.1, 0.15) is 32.3 Å². The molecule has 0 aliphatic carbocycles. The van der Waals surface area contributed by atoms with Crippen molar-refractivity contribution in [2.45, 2.75) is 37.7 Å². The fraction of sp³-hybridized carbons (Fsp3) is 0.591. The van der Waals surface area contributed by atoms with Crippen LogP contribution in [0, 0.1) is 0 Å². The monoisotopic (exact) mass is 435 g/mol. The Balaban J connectivity index is 1.51. The standard InChI is InChI=1S/C22H33N3O4S/c1-3-25(4-2)30(27,28)21-10-7-19(8-11-21)9-12-22(26)24-15-13-23(14-16-24)18-20-6-5-17-29-20/h7-12,20H,3-6,13-18H2,1-2H3/b12-9+. The number of rotatable bonds is 8. The second kappa shape index (κ2) is 10.5. The molecule has 1 aromatic rings. The molecule has 2 heterocycles. The Bertz CT molecular complexity index is 820. The molecule has 0 N–H and O–H groups in total. The summed E-state index contributed by atoms with van der Waals surface area (Å²) in [5.41, 5.74) is 0.805. The zero-order valence-electron chi connectivity index (χ0n) is 18.0. The first kappa shape index (κ1) is 22.9. The molecule has 166 valence electrons. The van der Waals surface area contributed by atoms with E-state index >= 15 is 0 Å². The molecule has 7 nitrogen and oxygen atoms in total. The van der Waals surface area contributed by atoms with E-state index in [1.54, 1.807) is 36.4 Å². The van der Waals surface area contributed by atoms with Crippen LogP contribution in [0.4, 0.5) is 0 Å². The molecule has 0 saturated carbocycles. The minimum atomic E-state index is -3.46. The molecule has 1 amide bonds. The second-order valence-corrected chi connectivity index (χ2v) is 9.69. The molecule has 0 aromatic heterocycles. The van der Waals surface area contributed by atoms with Gasteiger partial charge in [-0.15, -0.1) is 0 Å². The molecule has 2 fully saturated rings. The smallest absolute Gasteiger partial charge is 0.246 e. The molecule has 2 aliphatic rings. The lowest BCUT2D eigenvalue weighted by atomic mass is 10.2. The summed E-state index contributed by atoms with van der Waals surface area (Å²) >= 11 is 0. The van der Waals surface area contributed by atoms with E-state index in [1.807, 2.05) is 18.7 Å². The minimum Gasteiger partial charge on any atom is -0.377 e. The van der Waals surface area contributed by atoms with Crippen molar-refractivity contribution >= 4 is 22.0 Å². The van der Waals surface area contributed by atoms with Gasteiger partial charge in [0, 0.05) is 58.5 Å². The average molecular weight is 436 g/mol. The number of hydrogen-bond donors (Lipinski definition) is 0. The number of hydrogen-bond acceptors (Lipinski definition) is 5. The van der Waals surface area contributed by atoms with Crippen molar-refractivity contribution in [1.82, 2.24) is 14.1 Å². The summed E-state index contributed by atoms with van der Waals surface area (Å²) in [6.45, 7) is 9.55. The summed E-state index contributed by atoms with van der Waals surface area (Å²) < 4.78 is 32.2. The van der Waals surface area contributed by atoms with Crippen LogP contribution in [0.5, 0.6) is 0 Å². The maximum absolute atomic E-state index is 12.5. The normalized spacial score (nSPS) is 21.0. The number of piperazine rings is 1. The van der Waals surface area contributed by atoms with Crippen molar-refractivity contribution in [3.8, 4) is 0 Å². The average Bonchev–Trinajstić information content (AvgIpc) is 3.26. The van der Waals surface area contributed by atoms with Gasteiger partial charge in [-0.05, 0) is 36.6 Å². The summed E-state index contributed by atoms with van der Waals surface area (Å²) in [5, 5.41) is 0. The van der Waals surface area contributed by atoms with Crippen molar-refractivity contribution in [3.05, 3.63) is 35.9 Å². The van der Waals surface area contributed by atoms with Crippen molar-refractivity contribution < 1.29 is 17.9 Å². The van der Waals surface area contributed by atoms with E-state index in [-0.39, 0.29) is 10.8 Å². The lowest BCUT2D eigenvalue weighted by Gasteiger charge is -2.35. The fourth-order valence-electron chi connectivity index (χ4n) is 3.96.